The summed E-state index contributed by atoms with van der Waals surface area (Å²) in [5.41, 5.74) is 1.91. The van der Waals surface area contributed by atoms with Crippen LogP contribution in [0, 0.1) is 18.7 Å². The highest BCUT2D eigenvalue weighted by atomic mass is 19.1. The number of carbonyl (C=O) groups excluding carboxylic acids is 2. The first-order valence-corrected chi connectivity index (χ1v) is 8.90. The van der Waals surface area contributed by atoms with E-state index < -0.39 is 23.5 Å². The number of rotatable bonds is 4. The number of halogens is 1. The second-order valence-corrected chi connectivity index (χ2v) is 7.27. The summed E-state index contributed by atoms with van der Waals surface area (Å²) in [6, 6.07) is 12.0. The molecule has 1 atom stereocenters. The lowest BCUT2D eigenvalue weighted by Crippen LogP contribution is -2.33. The quantitative estimate of drug-likeness (QED) is 0.500. The predicted molar refractivity (Wildman–Crippen MR) is 101 cm³/mol. The second-order valence-electron chi connectivity index (χ2n) is 7.27. The predicted octanol–water partition coefficient (Wildman–Crippen LogP) is 4.21. The van der Waals surface area contributed by atoms with Gasteiger partial charge in [0.25, 0.3) is 11.7 Å². The highest BCUT2D eigenvalue weighted by Crippen LogP contribution is 2.39. The molecule has 0 saturated carbocycles. The summed E-state index contributed by atoms with van der Waals surface area (Å²) in [5, 5.41) is 10.8. The Bertz CT molecular complexity index is 915. The van der Waals surface area contributed by atoms with Crippen LogP contribution in [-0.4, -0.2) is 28.2 Å². The number of hydrogen-bond acceptors (Lipinski definition) is 3. The number of likely N-dealkylation sites (tertiary alicyclic amines) is 1. The van der Waals surface area contributed by atoms with Gasteiger partial charge < -0.3 is 10.0 Å². The Hall–Kier alpha value is -2.95. The van der Waals surface area contributed by atoms with Gasteiger partial charge in [-0.25, -0.2) is 4.39 Å². The molecule has 5 heteroatoms. The van der Waals surface area contributed by atoms with Crippen molar-refractivity contribution in [1.82, 2.24) is 4.90 Å². The van der Waals surface area contributed by atoms with Crippen molar-refractivity contribution in [2.45, 2.75) is 26.8 Å². The number of hydrogen-bond donors (Lipinski definition) is 1. The monoisotopic (exact) mass is 367 g/mol. The number of benzene rings is 2. The number of aliphatic hydroxyl groups is 1. The van der Waals surface area contributed by atoms with Crippen LogP contribution in [0.25, 0.3) is 5.76 Å². The van der Waals surface area contributed by atoms with Crippen LogP contribution >= 0.6 is 0 Å². The standard InChI is InChI=1S/C22H22FNO3/c1-13(2)12-24-19(16-5-4-6-17(23)11-16)18(21(26)22(24)27)20(25)15-9-7-14(3)8-10-15/h4-11,13,19,25H,12H2,1-3H3/t19-/m1/s1. The van der Waals surface area contributed by atoms with Crippen LogP contribution < -0.4 is 0 Å². The van der Waals surface area contributed by atoms with Crippen LogP contribution in [0.5, 0.6) is 0 Å². The molecule has 1 aliphatic rings. The molecule has 0 bridgehead atoms. The van der Waals surface area contributed by atoms with Crippen molar-refractivity contribution in [3.8, 4) is 0 Å². The van der Waals surface area contributed by atoms with E-state index in [1.54, 1.807) is 18.2 Å². The van der Waals surface area contributed by atoms with E-state index in [0.717, 1.165) is 5.56 Å². The number of carbonyl (C=O) groups is 2. The highest BCUT2D eigenvalue weighted by Gasteiger charge is 2.46. The van der Waals surface area contributed by atoms with Crippen molar-refractivity contribution in [2.75, 3.05) is 6.54 Å². The Morgan fingerprint density at radius 3 is 2.41 bits per heavy atom. The highest BCUT2D eigenvalue weighted by molar-refractivity contribution is 6.46. The zero-order chi connectivity index (χ0) is 19.7. The number of nitrogens with zero attached hydrogens (tertiary/aromatic N) is 1. The third-order valence-corrected chi connectivity index (χ3v) is 4.59. The molecule has 2 aromatic carbocycles. The van der Waals surface area contributed by atoms with Gasteiger partial charge in [-0.3, -0.25) is 9.59 Å². The van der Waals surface area contributed by atoms with Gasteiger partial charge >= 0.3 is 0 Å². The molecule has 0 unspecified atom stereocenters. The van der Waals surface area contributed by atoms with Crippen molar-refractivity contribution in [2.24, 2.45) is 5.92 Å². The molecule has 1 fully saturated rings. The summed E-state index contributed by atoms with van der Waals surface area (Å²) in [4.78, 5) is 26.8. The van der Waals surface area contributed by atoms with E-state index in [1.165, 1.54) is 23.1 Å². The Kier molecular flexibility index (Phi) is 5.13. The molecule has 1 aliphatic heterocycles. The fraction of sp³-hybridized carbons (Fsp3) is 0.273. The Labute approximate surface area is 157 Å². The largest absolute Gasteiger partial charge is 0.507 e. The lowest BCUT2D eigenvalue weighted by atomic mass is 9.94. The minimum absolute atomic E-state index is 0.00453. The van der Waals surface area contributed by atoms with Gasteiger partial charge in [0.2, 0.25) is 0 Å². The van der Waals surface area contributed by atoms with Gasteiger partial charge in [0, 0.05) is 12.1 Å². The maximum absolute atomic E-state index is 13.8. The zero-order valence-corrected chi connectivity index (χ0v) is 15.6. The van der Waals surface area contributed by atoms with Crippen molar-refractivity contribution in [1.29, 1.82) is 0 Å². The maximum Gasteiger partial charge on any atom is 0.295 e. The Morgan fingerprint density at radius 2 is 1.81 bits per heavy atom. The molecule has 1 saturated heterocycles. The molecular weight excluding hydrogens is 345 g/mol. The van der Waals surface area contributed by atoms with Crippen molar-refractivity contribution in [3.05, 3.63) is 76.6 Å². The molecule has 140 valence electrons. The van der Waals surface area contributed by atoms with Gasteiger partial charge in [0.1, 0.15) is 11.6 Å². The van der Waals surface area contributed by atoms with E-state index in [4.69, 9.17) is 0 Å². The van der Waals surface area contributed by atoms with Crippen LogP contribution in [0.1, 0.15) is 36.6 Å². The van der Waals surface area contributed by atoms with E-state index in [0.29, 0.717) is 17.7 Å². The molecule has 1 heterocycles. The van der Waals surface area contributed by atoms with Gasteiger partial charge in [-0.1, -0.05) is 55.8 Å². The van der Waals surface area contributed by atoms with Gasteiger partial charge in [-0.15, -0.1) is 0 Å². The summed E-state index contributed by atoms with van der Waals surface area (Å²) >= 11 is 0. The van der Waals surface area contributed by atoms with Gasteiger partial charge in [-0.2, -0.15) is 0 Å². The Balaban J connectivity index is 2.19. The normalized spacial score (nSPS) is 19.1. The maximum atomic E-state index is 13.8. The first-order chi connectivity index (χ1) is 12.8. The molecule has 1 N–H and O–H groups in total. The summed E-state index contributed by atoms with van der Waals surface area (Å²) in [5.74, 6) is -2.01. The first kappa shape index (κ1) is 18.8. The average Bonchev–Trinajstić information content (AvgIpc) is 2.86. The van der Waals surface area contributed by atoms with Gasteiger partial charge in [0.15, 0.2) is 0 Å². The van der Waals surface area contributed by atoms with Crippen molar-refractivity contribution >= 4 is 17.4 Å². The number of Topliss-reactive ketones (excluding diaryl/α,β-unsaturated/α-hetero) is 1. The van der Waals surface area contributed by atoms with E-state index in [9.17, 15) is 19.1 Å². The number of amides is 1. The third-order valence-electron chi connectivity index (χ3n) is 4.59. The van der Waals surface area contributed by atoms with Gasteiger partial charge in [-0.05, 0) is 30.5 Å². The van der Waals surface area contributed by atoms with Crippen LogP contribution in [-0.2, 0) is 9.59 Å². The summed E-state index contributed by atoms with van der Waals surface area (Å²) in [6.07, 6.45) is 0. The lowest BCUT2D eigenvalue weighted by Gasteiger charge is -2.26. The second kappa shape index (κ2) is 7.35. The first-order valence-electron chi connectivity index (χ1n) is 8.90. The lowest BCUT2D eigenvalue weighted by molar-refractivity contribution is -0.140. The minimum atomic E-state index is -0.815. The molecule has 1 amide bonds. The molecule has 0 aliphatic carbocycles. The van der Waals surface area contributed by atoms with E-state index >= 15 is 0 Å². The number of aliphatic hydroxyl groups excluding tert-OH is 1. The third kappa shape index (κ3) is 3.63. The molecule has 2 aromatic rings. The molecule has 3 rings (SSSR count). The summed E-state index contributed by atoms with van der Waals surface area (Å²) in [6.45, 7) is 6.11. The van der Waals surface area contributed by atoms with Crippen LogP contribution in [0.3, 0.4) is 0 Å². The zero-order valence-electron chi connectivity index (χ0n) is 15.6. The molecule has 0 aromatic heterocycles. The fourth-order valence-corrected chi connectivity index (χ4v) is 3.35. The Morgan fingerprint density at radius 1 is 1.15 bits per heavy atom. The number of ketones is 1. The molecule has 27 heavy (non-hydrogen) atoms. The smallest absolute Gasteiger partial charge is 0.295 e. The topological polar surface area (TPSA) is 57.6 Å². The SMILES string of the molecule is Cc1ccc(C(O)=C2C(=O)C(=O)N(CC(C)C)[C@@H]2c2cccc(F)c2)cc1. The molecule has 0 radical (unpaired) electrons. The van der Waals surface area contributed by atoms with E-state index in [1.807, 2.05) is 32.9 Å². The fourth-order valence-electron chi connectivity index (χ4n) is 3.35. The van der Waals surface area contributed by atoms with Crippen molar-refractivity contribution in [3.63, 3.8) is 0 Å². The van der Waals surface area contributed by atoms with Gasteiger partial charge in [0.05, 0.1) is 11.6 Å². The number of aryl methyl sites for hydroxylation is 1. The van der Waals surface area contributed by atoms with Crippen LogP contribution in [0.2, 0.25) is 0 Å². The summed E-state index contributed by atoms with van der Waals surface area (Å²) in [7, 11) is 0. The molecule has 4 nitrogen and oxygen atoms in total. The molecular formula is C22H22FNO3. The van der Waals surface area contributed by atoms with Crippen LogP contribution in [0.15, 0.2) is 54.1 Å². The van der Waals surface area contributed by atoms with E-state index in [2.05, 4.69) is 0 Å². The van der Waals surface area contributed by atoms with Crippen LogP contribution in [0.4, 0.5) is 4.39 Å². The van der Waals surface area contributed by atoms with E-state index in [-0.39, 0.29) is 17.3 Å². The minimum Gasteiger partial charge on any atom is -0.507 e. The van der Waals surface area contributed by atoms with Crippen molar-refractivity contribution < 1.29 is 19.1 Å². The summed E-state index contributed by atoms with van der Waals surface area (Å²) < 4.78 is 13.8. The average molecular weight is 367 g/mol. The molecule has 0 spiro atoms.